The first kappa shape index (κ1) is 23.8. The van der Waals surface area contributed by atoms with Crippen LogP contribution in [0.15, 0.2) is 77.9 Å². The summed E-state index contributed by atoms with van der Waals surface area (Å²) in [6, 6.07) is 20.2. The molecule has 170 valence electrons. The number of carbonyl (C=O) groups is 2. The van der Waals surface area contributed by atoms with E-state index < -0.39 is 18.0 Å². The molecule has 3 aromatic rings. The van der Waals surface area contributed by atoms with E-state index >= 15 is 0 Å². The van der Waals surface area contributed by atoms with Crippen LogP contribution in [0.1, 0.15) is 29.8 Å². The quantitative estimate of drug-likeness (QED) is 0.210. The maximum absolute atomic E-state index is 12.3. The number of esters is 1. The van der Waals surface area contributed by atoms with Crippen molar-refractivity contribution in [2.24, 2.45) is 5.10 Å². The van der Waals surface area contributed by atoms with Gasteiger partial charge in [-0.05, 0) is 86.1 Å². The van der Waals surface area contributed by atoms with Gasteiger partial charge in [-0.2, -0.15) is 5.10 Å². The summed E-state index contributed by atoms with van der Waals surface area (Å²) in [4.78, 5) is 24.4. The third-order valence-corrected chi connectivity index (χ3v) is 4.59. The van der Waals surface area contributed by atoms with Crippen LogP contribution in [-0.2, 0) is 4.79 Å². The number of halogens is 1. The van der Waals surface area contributed by atoms with Crippen molar-refractivity contribution in [1.82, 2.24) is 5.43 Å². The zero-order chi connectivity index (χ0) is 23.6. The van der Waals surface area contributed by atoms with Gasteiger partial charge in [0.15, 0.2) is 6.10 Å². The lowest BCUT2D eigenvalue weighted by Crippen LogP contribution is -2.33. The highest BCUT2D eigenvalue weighted by Crippen LogP contribution is 2.19. The number of carbonyl (C=O) groups excluding carboxylic acids is 2. The molecule has 3 rings (SSSR count). The van der Waals surface area contributed by atoms with Crippen LogP contribution in [0, 0.1) is 0 Å². The third-order valence-electron chi connectivity index (χ3n) is 4.36. The minimum Gasteiger partial charge on any atom is -0.494 e. The summed E-state index contributed by atoms with van der Waals surface area (Å²) in [5.74, 6) is 0.686. The van der Waals surface area contributed by atoms with Gasteiger partial charge in [-0.15, -0.1) is 0 Å². The van der Waals surface area contributed by atoms with Gasteiger partial charge in [-0.1, -0.05) is 17.7 Å². The van der Waals surface area contributed by atoms with Crippen molar-refractivity contribution in [3.63, 3.8) is 0 Å². The van der Waals surface area contributed by atoms with Crippen LogP contribution < -0.4 is 19.6 Å². The summed E-state index contributed by atoms with van der Waals surface area (Å²) in [5.41, 5.74) is 3.55. The van der Waals surface area contributed by atoms with Crippen molar-refractivity contribution >= 4 is 29.7 Å². The van der Waals surface area contributed by atoms with Crippen LogP contribution in [-0.4, -0.2) is 30.8 Å². The first-order chi connectivity index (χ1) is 15.9. The van der Waals surface area contributed by atoms with Gasteiger partial charge in [0.1, 0.15) is 17.2 Å². The van der Waals surface area contributed by atoms with E-state index in [0.717, 1.165) is 0 Å². The number of nitrogens with zero attached hydrogens (tertiary/aromatic N) is 1. The molecule has 3 aromatic carbocycles. The van der Waals surface area contributed by atoms with Gasteiger partial charge in [-0.3, -0.25) is 4.79 Å². The molecule has 0 fully saturated rings. The molecule has 0 aliphatic rings. The molecule has 0 aliphatic carbocycles. The molecule has 8 heteroatoms. The van der Waals surface area contributed by atoms with E-state index in [1.807, 2.05) is 6.92 Å². The van der Waals surface area contributed by atoms with Crippen LogP contribution in [0.5, 0.6) is 17.2 Å². The lowest BCUT2D eigenvalue weighted by atomic mass is 10.2. The minimum atomic E-state index is -0.759. The fourth-order valence-corrected chi connectivity index (χ4v) is 2.88. The first-order valence-corrected chi connectivity index (χ1v) is 10.6. The predicted molar refractivity (Wildman–Crippen MR) is 126 cm³/mol. The zero-order valence-corrected chi connectivity index (χ0v) is 18.9. The lowest BCUT2D eigenvalue weighted by Gasteiger charge is -2.12. The van der Waals surface area contributed by atoms with E-state index in [1.165, 1.54) is 6.21 Å². The maximum Gasteiger partial charge on any atom is 0.343 e. The van der Waals surface area contributed by atoms with Crippen LogP contribution in [0.4, 0.5) is 0 Å². The topological polar surface area (TPSA) is 86.2 Å². The van der Waals surface area contributed by atoms with Crippen molar-refractivity contribution in [3.8, 4) is 17.2 Å². The fraction of sp³-hybridized carbons (Fsp3) is 0.160. The number of amides is 1. The predicted octanol–water partition coefficient (Wildman–Crippen LogP) is 4.88. The SMILES string of the molecule is CCOc1ccc(C(=O)Oc2ccc(/C=N\NC(=O)[C@H](C)Oc3cccc(Cl)c3)cc2)cc1. The summed E-state index contributed by atoms with van der Waals surface area (Å²) in [5, 5.41) is 4.45. The van der Waals surface area contributed by atoms with Gasteiger partial charge in [0.05, 0.1) is 18.4 Å². The second kappa shape index (κ2) is 11.7. The summed E-state index contributed by atoms with van der Waals surface area (Å²) >= 11 is 5.91. The number of benzene rings is 3. The smallest absolute Gasteiger partial charge is 0.343 e. The van der Waals surface area contributed by atoms with Crippen LogP contribution >= 0.6 is 11.6 Å². The molecule has 0 unspecified atom stereocenters. The van der Waals surface area contributed by atoms with E-state index in [2.05, 4.69) is 10.5 Å². The van der Waals surface area contributed by atoms with E-state index in [4.69, 9.17) is 25.8 Å². The van der Waals surface area contributed by atoms with E-state index in [0.29, 0.717) is 40.0 Å². The highest BCUT2D eigenvalue weighted by atomic mass is 35.5. The molecule has 1 atom stereocenters. The molecule has 0 saturated carbocycles. The minimum absolute atomic E-state index is 0.388. The van der Waals surface area contributed by atoms with Crippen LogP contribution in [0.25, 0.3) is 0 Å². The Morgan fingerprint density at radius 3 is 2.36 bits per heavy atom. The normalized spacial score (nSPS) is 11.6. The van der Waals surface area contributed by atoms with Crippen LogP contribution in [0.2, 0.25) is 5.02 Å². The Bertz CT molecular complexity index is 1110. The zero-order valence-electron chi connectivity index (χ0n) is 18.2. The van der Waals surface area contributed by atoms with E-state index in [9.17, 15) is 9.59 Å². The second-order valence-corrected chi connectivity index (χ2v) is 7.30. The molecule has 0 heterocycles. The van der Waals surface area contributed by atoms with Gasteiger partial charge in [0, 0.05) is 5.02 Å². The molecule has 0 aliphatic heterocycles. The molecule has 33 heavy (non-hydrogen) atoms. The van der Waals surface area contributed by atoms with Crippen molar-refractivity contribution in [2.75, 3.05) is 6.61 Å². The molecule has 0 saturated heterocycles. The Balaban J connectivity index is 1.49. The lowest BCUT2D eigenvalue weighted by molar-refractivity contribution is -0.127. The molecule has 0 radical (unpaired) electrons. The van der Waals surface area contributed by atoms with Gasteiger partial charge in [-0.25, -0.2) is 10.2 Å². The number of hydrogen-bond acceptors (Lipinski definition) is 6. The molecule has 0 bridgehead atoms. The largest absolute Gasteiger partial charge is 0.494 e. The summed E-state index contributed by atoms with van der Waals surface area (Å²) in [7, 11) is 0. The number of ether oxygens (including phenoxy) is 3. The maximum atomic E-state index is 12.3. The standard InChI is InChI=1S/C25H23ClN2O5/c1-3-31-21-13-9-19(10-14-21)25(30)33-22-11-7-18(8-12-22)16-27-28-24(29)17(2)32-23-6-4-5-20(26)15-23/h4-17H,3H2,1-2H3,(H,28,29)/b27-16-/t17-/m0/s1. The van der Waals surface area contributed by atoms with Crippen molar-refractivity contribution in [2.45, 2.75) is 20.0 Å². The van der Waals surface area contributed by atoms with Gasteiger partial charge in [0.25, 0.3) is 5.91 Å². The van der Waals surface area contributed by atoms with Crippen molar-refractivity contribution in [3.05, 3.63) is 88.9 Å². The molecule has 1 amide bonds. The number of nitrogens with one attached hydrogen (secondary N) is 1. The summed E-state index contributed by atoms with van der Waals surface area (Å²) < 4.78 is 16.3. The fourth-order valence-electron chi connectivity index (χ4n) is 2.70. The van der Waals surface area contributed by atoms with E-state index in [1.54, 1.807) is 79.7 Å². The molecular formula is C25H23ClN2O5. The van der Waals surface area contributed by atoms with Crippen molar-refractivity contribution in [1.29, 1.82) is 0 Å². The molecule has 0 spiro atoms. The number of hydrogen-bond donors (Lipinski definition) is 1. The average molecular weight is 467 g/mol. The Morgan fingerprint density at radius 1 is 1.00 bits per heavy atom. The van der Waals surface area contributed by atoms with Crippen LogP contribution in [0.3, 0.4) is 0 Å². The molecular weight excluding hydrogens is 444 g/mol. The second-order valence-electron chi connectivity index (χ2n) is 6.87. The monoisotopic (exact) mass is 466 g/mol. The molecule has 7 nitrogen and oxygen atoms in total. The Morgan fingerprint density at radius 2 is 1.70 bits per heavy atom. The number of rotatable bonds is 9. The van der Waals surface area contributed by atoms with Gasteiger partial charge < -0.3 is 14.2 Å². The van der Waals surface area contributed by atoms with Crippen molar-refractivity contribution < 1.29 is 23.8 Å². The first-order valence-electron chi connectivity index (χ1n) is 10.2. The average Bonchev–Trinajstić information content (AvgIpc) is 2.81. The number of hydrazone groups is 1. The Labute approximate surface area is 196 Å². The third kappa shape index (κ3) is 7.36. The Hall–Kier alpha value is -3.84. The summed E-state index contributed by atoms with van der Waals surface area (Å²) in [6.07, 6.45) is 0.715. The molecule has 0 aromatic heterocycles. The summed E-state index contributed by atoms with van der Waals surface area (Å²) in [6.45, 7) is 4.06. The Kier molecular flexibility index (Phi) is 8.43. The highest BCUT2D eigenvalue weighted by Gasteiger charge is 2.14. The van der Waals surface area contributed by atoms with Gasteiger partial charge >= 0.3 is 5.97 Å². The molecule has 1 N–H and O–H groups in total. The van der Waals surface area contributed by atoms with E-state index in [-0.39, 0.29) is 0 Å². The highest BCUT2D eigenvalue weighted by molar-refractivity contribution is 6.30. The van der Waals surface area contributed by atoms with Gasteiger partial charge in [0.2, 0.25) is 0 Å².